The molecule has 0 aliphatic carbocycles. The van der Waals surface area contributed by atoms with Crippen LogP contribution in [-0.4, -0.2) is 96.7 Å². The van der Waals surface area contributed by atoms with Gasteiger partial charge in [0.2, 0.25) is 0 Å². The van der Waals surface area contributed by atoms with Crippen LogP contribution in [-0.2, 0) is 65.4 Å². The first-order chi connectivity index (χ1) is 42.8. The van der Waals surface area contributed by atoms with Crippen LogP contribution in [0.25, 0.3) is 0 Å². The molecule has 0 aromatic heterocycles. The maximum atomic E-state index is 13.0. The molecular weight excluding hydrogens is 1170 g/mol. The summed E-state index contributed by atoms with van der Waals surface area (Å²) in [7, 11) is -9.91. The first kappa shape index (κ1) is 86.5. The number of rotatable bonds is 66. The molecule has 0 aromatic carbocycles. The van der Waals surface area contributed by atoms with Crippen LogP contribution in [0.1, 0.15) is 325 Å². The number of hydrogen-bond donors (Lipinski definition) is 3. The standard InChI is InChI=1S/C70H132O17P2/c1-8-10-11-12-13-14-15-16-17-18-19-22-30-37-44-51-67(72)80-57-65(87-70(75)54-47-40-32-25-24-29-36-43-50-63(7)9-2)59-84-88(76,77)82-55-64(71)56-83-89(78,79)85-60-66(58-81-68(73)52-45-38-33-26-28-35-42-49-62(5)6)86-69(74)53-46-39-31-23-20-21-27-34-41-48-61(3)4/h14-17,61-66,71H,8-13,18-60H2,1-7H3,(H,76,77)(H,78,79)/b15-14-,17-16-/t63?,64?,65-,66-/m1/s1. The van der Waals surface area contributed by atoms with Gasteiger partial charge in [-0.05, 0) is 69.1 Å². The lowest BCUT2D eigenvalue weighted by molar-refractivity contribution is -0.161. The molecule has 0 amide bonds. The fraction of sp³-hybridized carbons (Fsp3) is 0.886. The number of esters is 4. The van der Waals surface area contributed by atoms with Gasteiger partial charge >= 0.3 is 39.5 Å². The molecule has 0 saturated carbocycles. The van der Waals surface area contributed by atoms with Crippen LogP contribution in [0.15, 0.2) is 24.3 Å². The molecule has 17 nitrogen and oxygen atoms in total. The summed E-state index contributed by atoms with van der Waals surface area (Å²) in [6, 6.07) is 0. The van der Waals surface area contributed by atoms with E-state index < -0.39 is 97.5 Å². The summed E-state index contributed by atoms with van der Waals surface area (Å²) in [5.41, 5.74) is 0. The van der Waals surface area contributed by atoms with Crippen LogP contribution in [0.5, 0.6) is 0 Å². The number of ether oxygens (including phenoxy) is 4. The van der Waals surface area contributed by atoms with E-state index in [1.54, 1.807) is 0 Å². The fourth-order valence-electron chi connectivity index (χ4n) is 9.97. The van der Waals surface area contributed by atoms with Gasteiger partial charge in [0.25, 0.3) is 0 Å². The minimum Gasteiger partial charge on any atom is -0.462 e. The van der Waals surface area contributed by atoms with Gasteiger partial charge in [0.15, 0.2) is 12.2 Å². The van der Waals surface area contributed by atoms with Crippen LogP contribution in [0, 0.1) is 17.8 Å². The van der Waals surface area contributed by atoms with E-state index in [2.05, 4.69) is 72.8 Å². The Morgan fingerprint density at radius 1 is 0.371 bits per heavy atom. The van der Waals surface area contributed by atoms with E-state index in [0.29, 0.717) is 31.6 Å². The van der Waals surface area contributed by atoms with Crippen LogP contribution in [0.2, 0.25) is 0 Å². The average Bonchev–Trinajstić information content (AvgIpc) is 3.56. The molecular formula is C70H132O17P2. The first-order valence-electron chi connectivity index (χ1n) is 35.7. The lowest BCUT2D eigenvalue weighted by atomic mass is 9.99. The number of carbonyl (C=O) groups excluding carboxylic acids is 4. The maximum Gasteiger partial charge on any atom is 0.472 e. The number of carbonyl (C=O) groups is 4. The Labute approximate surface area is 542 Å². The average molecular weight is 1310 g/mol. The number of phosphoric ester groups is 2. The Balaban J connectivity index is 5.29. The molecule has 19 heteroatoms. The van der Waals surface area contributed by atoms with E-state index in [1.807, 2.05) is 0 Å². The number of unbranched alkanes of at least 4 members (excludes halogenated alkanes) is 30. The van der Waals surface area contributed by atoms with Crippen LogP contribution >= 0.6 is 15.6 Å². The third-order valence-electron chi connectivity index (χ3n) is 15.9. The van der Waals surface area contributed by atoms with E-state index in [4.69, 9.17) is 37.0 Å². The fourth-order valence-corrected chi connectivity index (χ4v) is 11.5. The van der Waals surface area contributed by atoms with Gasteiger partial charge in [-0.3, -0.25) is 37.3 Å². The molecule has 0 heterocycles. The third-order valence-corrected chi connectivity index (χ3v) is 17.8. The lowest BCUT2D eigenvalue weighted by Crippen LogP contribution is -2.30. The summed E-state index contributed by atoms with van der Waals surface area (Å²) >= 11 is 0. The van der Waals surface area contributed by atoms with Crippen molar-refractivity contribution in [2.45, 2.75) is 343 Å². The number of aliphatic hydroxyl groups excluding tert-OH is 1. The minimum atomic E-state index is -4.96. The van der Waals surface area contributed by atoms with E-state index >= 15 is 0 Å². The van der Waals surface area contributed by atoms with Gasteiger partial charge < -0.3 is 33.8 Å². The molecule has 0 spiro atoms. The molecule has 3 N–H and O–H groups in total. The number of hydrogen-bond acceptors (Lipinski definition) is 15. The predicted molar refractivity (Wildman–Crippen MR) is 358 cm³/mol. The van der Waals surface area contributed by atoms with E-state index in [-0.39, 0.29) is 25.7 Å². The van der Waals surface area contributed by atoms with Gasteiger partial charge in [-0.1, -0.05) is 272 Å². The van der Waals surface area contributed by atoms with E-state index in [1.165, 1.54) is 109 Å². The predicted octanol–water partition coefficient (Wildman–Crippen LogP) is 19.4. The Kier molecular flexibility index (Phi) is 58.8. The van der Waals surface area contributed by atoms with Crippen molar-refractivity contribution in [2.75, 3.05) is 39.6 Å². The molecule has 0 saturated heterocycles. The molecule has 0 aliphatic rings. The summed E-state index contributed by atoms with van der Waals surface area (Å²) in [6.07, 6.45) is 46.7. The molecule has 0 fully saturated rings. The lowest BCUT2D eigenvalue weighted by Gasteiger charge is -2.21. The topological polar surface area (TPSA) is 237 Å². The van der Waals surface area contributed by atoms with Crippen LogP contribution in [0.4, 0.5) is 0 Å². The van der Waals surface area contributed by atoms with Crippen molar-refractivity contribution in [3.05, 3.63) is 24.3 Å². The van der Waals surface area contributed by atoms with Crippen molar-refractivity contribution in [3.63, 3.8) is 0 Å². The highest BCUT2D eigenvalue weighted by Gasteiger charge is 2.30. The van der Waals surface area contributed by atoms with Crippen molar-refractivity contribution < 1.29 is 80.2 Å². The Morgan fingerprint density at radius 3 is 1.00 bits per heavy atom. The van der Waals surface area contributed by atoms with Gasteiger partial charge in [-0.15, -0.1) is 0 Å². The number of allylic oxidation sites excluding steroid dienone is 4. The molecule has 0 bridgehead atoms. The largest absolute Gasteiger partial charge is 0.472 e. The highest BCUT2D eigenvalue weighted by Crippen LogP contribution is 2.45. The molecule has 4 unspecified atom stereocenters. The summed E-state index contributed by atoms with van der Waals surface area (Å²) < 4.78 is 68.2. The van der Waals surface area contributed by atoms with Gasteiger partial charge in [0.1, 0.15) is 19.3 Å². The van der Waals surface area contributed by atoms with Crippen molar-refractivity contribution in [1.29, 1.82) is 0 Å². The number of phosphoric acid groups is 2. The molecule has 0 aromatic rings. The van der Waals surface area contributed by atoms with Crippen LogP contribution < -0.4 is 0 Å². The summed E-state index contributed by atoms with van der Waals surface area (Å²) in [5.74, 6) is 0.0447. The highest BCUT2D eigenvalue weighted by atomic mass is 31.2. The van der Waals surface area contributed by atoms with E-state index in [0.717, 1.165) is 127 Å². The van der Waals surface area contributed by atoms with Gasteiger partial charge in [0.05, 0.1) is 26.4 Å². The minimum absolute atomic E-state index is 0.0976. The van der Waals surface area contributed by atoms with Crippen molar-refractivity contribution in [3.8, 4) is 0 Å². The molecule has 0 rings (SSSR count). The zero-order valence-corrected chi connectivity index (χ0v) is 59.2. The maximum absolute atomic E-state index is 13.0. The zero-order chi connectivity index (χ0) is 65.9. The Morgan fingerprint density at radius 2 is 0.663 bits per heavy atom. The normalized spacial score (nSPS) is 14.7. The Bertz CT molecular complexity index is 1840. The van der Waals surface area contributed by atoms with Crippen molar-refractivity contribution in [1.82, 2.24) is 0 Å². The molecule has 524 valence electrons. The molecule has 6 atom stereocenters. The molecule has 0 aliphatic heterocycles. The third kappa shape index (κ3) is 62.7. The summed E-state index contributed by atoms with van der Waals surface area (Å²) in [4.78, 5) is 72.5. The second kappa shape index (κ2) is 60.5. The SMILES string of the molecule is CCCCCC/C=C\C=C/CCCCCCCC(=O)OC[C@H](COP(=O)(O)OCC(O)COP(=O)(O)OC[C@@H](COC(=O)CCCCCCCCCC(C)C)OC(=O)CCCCCCCCCCCC(C)C)OC(=O)CCCCCCCCCCC(C)CC. The first-order valence-corrected chi connectivity index (χ1v) is 38.7. The van der Waals surface area contributed by atoms with Gasteiger partial charge in [0, 0.05) is 25.7 Å². The smallest absolute Gasteiger partial charge is 0.462 e. The van der Waals surface area contributed by atoms with Gasteiger partial charge in [-0.25, -0.2) is 9.13 Å². The summed E-state index contributed by atoms with van der Waals surface area (Å²) in [6.45, 7) is 11.7. The molecule has 89 heavy (non-hydrogen) atoms. The highest BCUT2D eigenvalue weighted by molar-refractivity contribution is 7.47. The second-order valence-electron chi connectivity index (χ2n) is 25.8. The van der Waals surface area contributed by atoms with Gasteiger partial charge in [-0.2, -0.15) is 0 Å². The number of aliphatic hydroxyl groups is 1. The Hall–Kier alpha value is -2.46. The molecule has 0 radical (unpaired) electrons. The zero-order valence-electron chi connectivity index (χ0n) is 57.4. The quantitative estimate of drug-likeness (QED) is 0.0169. The van der Waals surface area contributed by atoms with E-state index in [9.17, 15) is 43.2 Å². The second-order valence-corrected chi connectivity index (χ2v) is 28.7. The van der Waals surface area contributed by atoms with Crippen molar-refractivity contribution in [2.24, 2.45) is 17.8 Å². The van der Waals surface area contributed by atoms with Crippen molar-refractivity contribution >= 4 is 39.5 Å². The summed E-state index contributed by atoms with van der Waals surface area (Å²) in [5, 5.41) is 10.6. The monoisotopic (exact) mass is 1310 g/mol. The van der Waals surface area contributed by atoms with Crippen LogP contribution in [0.3, 0.4) is 0 Å².